The van der Waals surface area contributed by atoms with Crippen LogP contribution >= 0.6 is 0 Å². The molecule has 1 heterocycles. The number of amides is 1. The third-order valence-electron chi connectivity index (χ3n) is 2.27. The van der Waals surface area contributed by atoms with Gasteiger partial charge in [0, 0.05) is 19.3 Å². The van der Waals surface area contributed by atoms with Gasteiger partial charge in [-0.1, -0.05) is 5.92 Å². The number of carbonyl (C=O) groups is 1. The Morgan fingerprint density at radius 3 is 2.81 bits per heavy atom. The van der Waals surface area contributed by atoms with Gasteiger partial charge in [0.25, 0.3) is 5.91 Å². The molecular formula is C11H16N4O. The van der Waals surface area contributed by atoms with Gasteiger partial charge in [-0.2, -0.15) is 5.10 Å². The Bertz CT molecular complexity index is 416. The summed E-state index contributed by atoms with van der Waals surface area (Å²) in [7, 11) is 0. The topological polar surface area (TPSA) is 64.2 Å². The molecule has 0 spiro atoms. The zero-order chi connectivity index (χ0) is 12.1. The van der Waals surface area contributed by atoms with E-state index in [-0.39, 0.29) is 18.1 Å². The average molecular weight is 220 g/mol. The zero-order valence-electron chi connectivity index (χ0n) is 9.60. The quantitative estimate of drug-likeness (QED) is 0.755. The Labute approximate surface area is 95.2 Å². The lowest BCUT2D eigenvalue weighted by Gasteiger charge is -2.16. The highest BCUT2D eigenvalue weighted by atomic mass is 16.2. The van der Waals surface area contributed by atoms with E-state index in [1.807, 2.05) is 13.8 Å². The first kappa shape index (κ1) is 12.1. The van der Waals surface area contributed by atoms with Gasteiger partial charge < -0.3 is 10.6 Å². The molecule has 2 N–H and O–H groups in total. The molecule has 0 fully saturated rings. The second-order valence-corrected chi connectivity index (χ2v) is 3.31. The summed E-state index contributed by atoms with van der Waals surface area (Å²) >= 11 is 0. The molecule has 0 saturated carbocycles. The summed E-state index contributed by atoms with van der Waals surface area (Å²) < 4.78 is 1.63. The second kappa shape index (κ2) is 5.21. The highest BCUT2D eigenvalue weighted by Crippen LogP contribution is 2.11. The van der Waals surface area contributed by atoms with E-state index in [0.29, 0.717) is 18.8 Å². The van der Waals surface area contributed by atoms with E-state index in [2.05, 4.69) is 11.0 Å². The Hall–Kier alpha value is -1.96. The monoisotopic (exact) mass is 220 g/mol. The fourth-order valence-electron chi connectivity index (χ4n) is 1.35. The van der Waals surface area contributed by atoms with Crippen molar-refractivity contribution in [3.05, 3.63) is 11.9 Å². The van der Waals surface area contributed by atoms with Gasteiger partial charge in [0.2, 0.25) is 0 Å². The highest BCUT2D eigenvalue weighted by Gasteiger charge is 2.19. The number of nitrogens with two attached hydrogens (primary N) is 1. The molecule has 0 radical (unpaired) electrons. The standard InChI is InChI=1S/C11H16N4O/c1-4-7-14(5-2)11(16)10-9(12)8-15(6-3)13-10/h1,8H,5-7,12H2,2-3H3. The van der Waals surface area contributed by atoms with Crippen molar-refractivity contribution in [1.82, 2.24) is 14.7 Å². The predicted octanol–water partition coefficient (Wildman–Crippen LogP) is 0.580. The van der Waals surface area contributed by atoms with Crippen molar-refractivity contribution < 1.29 is 4.79 Å². The molecule has 0 aliphatic carbocycles. The average Bonchev–Trinajstić information content (AvgIpc) is 2.66. The van der Waals surface area contributed by atoms with Crippen LogP contribution < -0.4 is 5.73 Å². The molecule has 0 atom stereocenters. The number of terminal acetylenes is 1. The normalized spacial score (nSPS) is 9.81. The fraction of sp³-hybridized carbons (Fsp3) is 0.455. The molecule has 1 aromatic rings. The van der Waals surface area contributed by atoms with Crippen molar-refractivity contribution in [2.45, 2.75) is 20.4 Å². The van der Waals surface area contributed by atoms with Crippen LogP contribution in [-0.2, 0) is 6.54 Å². The molecular weight excluding hydrogens is 204 g/mol. The van der Waals surface area contributed by atoms with Gasteiger partial charge in [-0.15, -0.1) is 6.42 Å². The van der Waals surface area contributed by atoms with Gasteiger partial charge in [-0.05, 0) is 13.8 Å². The third kappa shape index (κ3) is 2.34. The lowest BCUT2D eigenvalue weighted by Crippen LogP contribution is -2.32. The summed E-state index contributed by atoms with van der Waals surface area (Å²) in [5.41, 5.74) is 6.39. The van der Waals surface area contributed by atoms with E-state index in [4.69, 9.17) is 12.2 Å². The number of hydrogen-bond acceptors (Lipinski definition) is 3. The van der Waals surface area contributed by atoms with Gasteiger partial charge in [-0.3, -0.25) is 9.48 Å². The van der Waals surface area contributed by atoms with Gasteiger partial charge in [-0.25, -0.2) is 0 Å². The van der Waals surface area contributed by atoms with E-state index in [9.17, 15) is 4.79 Å². The first-order valence-electron chi connectivity index (χ1n) is 5.19. The molecule has 1 amide bonds. The predicted molar refractivity (Wildman–Crippen MR) is 62.7 cm³/mol. The minimum Gasteiger partial charge on any atom is -0.396 e. The molecule has 0 unspecified atom stereocenters. The lowest BCUT2D eigenvalue weighted by molar-refractivity contribution is 0.0779. The number of carbonyl (C=O) groups excluding carboxylic acids is 1. The van der Waals surface area contributed by atoms with E-state index in [0.717, 1.165) is 0 Å². The van der Waals surface area contributed by atoms with Crippen LogP contribution in [0.3, 0.4) is 0 Å². The largest absolute Gasteiger partial charge is 0.396 e. The van der Waals surface area contributed by atoms with E-state index >= 15 is 0 Å². The van der Waals surface area contributed by atoms with Crippen molar-refractivity contribution in [2.24, 2.45) is 0 Å². The Kier molecular flexibility index (Phi) is 3.95. The van der Waals surface area contributed by atoms with Crippen LogP contribution in [0.5, 0.6) is 0 Å². The zero-order valence-corrected chi connectivity index (χ0v) is 9.60. The first-order chi connectivity index (χ1) is 7.63. The van der Waals surface area contributed by atoms with E-state index in [1.54, 1.807) is 10.9 Å². The van der Waals surface area contributed by atoms with E-state index < -0.39 is 0 Å². The van der Waals surface area contributed by atoms with Crippen LogP contribution in [0.1, 0.15) is 24.3 Å². The van der Waals surface area contributed by atoms with Crippen LogP contribution in [-0.4, -0.2) is 33.7 Å². The van der Waals surface area contributed by atoms with Crippen molar-refractivity contribution in [3.63, 3.8) is 0 Å². The summed E-state index contributed by atoms with van der Waals surface area (Å²) in [5, 5.41) is 4.11. The lowest BCUT2D eigenvalue weighted by atomic mass is 10.3. The molecule has 0 aliphatic rings. The summed E-state index contributed by atoms with van der Waals surface area (Å²) in [6, 6.07) is 0. The molecule has 5 heteroatoms. The van der Waals surface area contributed by atoms with Gasteiger partial charge >= 0.3 is 0 Å². The third-order valence-corrected chi connectivity index (χ3v) is 2.27. The maximum atomic E-state index is 12.0. The summed E-state index contributed by atoms with van der Waals surface area (Å²) in [6.07, 6.45) is 6.84. The molecule has 5 nitrogen and oxygen atoms in total. The minimum atomic E-state index is -0.217. The Morgan fingerprint density at radius 1 is 1.69 bits per heavy atom. The van der Waals surface area contributed by atoms with Crippen molar-refractivity contribution in [2.75, 3.05) is 18.8 Å². The number of aryl methyl sites for hydroxylation is 1. The van der Waals surface area contributed by atoms with Gasteiger partial charge in [0.1, 0.15) is 0 Å². The molecule has 0 saturated heterocycles. The van der Waals surface area contributed by atoms with Crippen LogP contribution in [0.4, 0.5) is 5.69 Å². The number of aromatic nitrogens is 2. The van der Waals surface area contributed by atoms with Crippen LogP contribution in [0.25, 0.3) is 0 Å². The van der Waals surface area contributed by atoms with Crippen LogP contribution in [0.15, 0.2) is 6.20 Å². The Balaban J connectivity index is 2.94. The first-order valence-corrected chi connectivity index (χ1v) is 5.19. The van der Waals surface area contributed by atoms with Crippen molar-refractivity contribution >= 4 is 11.6 Å². The molecule has 0 aliphatic heterocycles. The Morgan fingerprint density at radius 2 is 2.38 bits per heavy atom. The number of hydrogen-bond donors (Lipinski definition) is 1. The number of rotatable bonds is 4. The number of anilines is 1. The van der Waals surface area contributed by atoms with Gasteiger partial charge in [0.15, 0.2) is 5.69 Å². The van der Waals surface area contributed by atoms with Crippen molar-refractivity contribution in [3.8, 4) is 12.3 Å². The smallest absolute Gasteiger partial charge is 0.277 e. The molecule has 16 heavy (non-hydrogen) atoms. The summed E-state index contributed by atoms with van der Waals surface area (Å²) in [4.78, 5) is 13.5. The maximum Gasteiger partial charge on any atom is 0.277 e. The summed E-state index contributed by atoms with van der Waals surface area (Å²) in [6.45, 7) is 5.29. The van der Waals surface area contributed by atoms with Crippen LogP contribution in [0.2, 0.25) is 0 Å². The maximum absolute atomic E-state index is 12.0. The second-order valence-electron chi connectivity index (χ2n) is 3.31. The van der Waals surface area contributed by atoms with Crippen LogP contribution in [0, 0.1) is 12.3 Å². The number of nitrogens with zero attached hydrogens (tertiary/aromatic N) is 3. The van der Waals surface area contributed by atoms with E-state index in [1.165, 1.54) is 4.90 Å². The molecule has 1 rings (SSSR count). The van der Waals surface area contributed by atoms with Crippen molar-refractivity contribution in [1.29, 1.82) is 0 Å². The SMILES string of the molecule is C#CCN(CC)C(=O)c1nn(CC)cc1N. The summed E-state index contributed by atoms with van der Waals surface area (Å²) in [5.74, 6) is 2.22. The minimum absolute atomic E-state index is 0.217. The molecule has 1 aromatic heterocycles. The number of nitrogen functional groups attached to an aromatic ring is 1. The highest BCUT2D eigenvalue weighted by molar-refractivity contribution is 5.97. The molecule has 86 valence electrons. The van der Waals surface area contributed by atoms with Gasteiger partial charge in [0.05, 0.1) is 12.2 Å². The fourth-order valence-corrected chi connectivity index (χ4v) is 1.35. The molecule has 0 bridgehead atoms. The molecule has 0 aromatic carbocycles.